The molecule has 1 aromatic heterocycles. The Morgan fingerprint density at radius 1 is 1.00 bits per heavy atom. The normalized spacial score (nSPS) is 10.3. The Kier molecular flexibility index (Phi) is 6.29. The number of methoxy groups -OCH3 is 2. The SMILES string of the molecule is COc1ccc(NC(=O)c2cc(C)nc(NCc3ccccc3C)n2)c(OC)c1. The van der Waals surface area contributed by atoms with Gasteiger partial charge in [-0.05, 0) is 43.2 Å². The van der Waals surface area contributed by atoms with Gasteiger partial charge in [0.1, 0.15) is 17.2 Å². The lowest BCUT2D eigenvalue weighted by Crippen LogP contribution is -2.16. The Balaban J connectivity index is 1.77. The Labute approximate surface area is 170 Å². The fourth-order valence-corrected chi connectivity index (χ4v) is 2.83. The van der Waals surface area contributed by atoms with E-state index in [1.54, 1.807) is 31.4 Å². The quantitative estimate of drug-likeness (QED) is 0.633. The maximum absolute atomic E-state index is 12.8. The zero-order valence-corrected chi connectivity index (χ0v) is 16.9. The Morgan fingerprint density at radius 2 is 1.79 bits per heavy atom. The lowest BCUT2D eigenvalue weighted by Gasteiger charge is -2.12. The minimum absolute atomic E-state index is 0.266. The molecular weight excluding hydrogens is 368 g/mol. The van der Waals surface area contributed by atoms with Crippen molar-refractivity contribution in [3.8, 4) is 11.5 Å². The van der Waals surface area contributed by atoms with Gasteiger partial charge in [0, 0.05) is 18.3 Å². The average Bonchev–Trinajstić information content (AvgIpc) is 2.73. The lowest BCUT2D eigenvalue weighted by molar-refractivity contribution is 0.102. The van der Waals surface area contributed by atoms with E-state index in [1.165, 1.54) is 12.7 Å². The van der Waals surface area contributed by atoms with E-state index in [-0.39, 0.29) is 11.6 Å². The smallest absolute Gasteiger partial charge is 0.274 e. The number of rotatable bonds is 7. The number of nitrogens with one attached hydrogen (secondary N) is 2. The molecule has 1 heterocycles. The number of aryl methyl sites for hydroxylation is 2. The highest BCUT2D eigenvalue weighted by atomic mass is 16.5. The molecule has 7 heteroatoms. The Morgan fingerprint density at radius 3 is 2.52 bits per heavy atom. The number of benzene rings is 2. The summed E-state index contributed by atoms with van der Waals surface area (Å²) in [6, 6.07) is 14.9. The zero-order valence-electron chi connectivity index (χ0n) is 16.9. The van der Waals surface area contributed by atoms with Gasteiger partial charge in [0.15, 0.2) is 0 Å². The maximum atomic E-state index is 12.8. The molecule has 2 aromatic carbocycles. The van der Waals surface area contributed by atoms with Gasteiger partial charge in [0.25, 0.3) is 5.91 Å². The molecule has 0 aliphatic rings. The molecule has 0 saturated heterocycles. The van der Waals surface area contributed by atoms with Gasteiger partial charge in [-0.15, -0.1) is 0 Å². The average molecular weight is 392 g/mol. The zero-order chi connectivity index (χ0) is 20.8. The number of anilines is 2. The summed E-state index contributed by atoms with van der Waals surface area (Å²) in [5.41, 5.74) is 3.81. The molecule has 7 nitrogen and oxygen atoms in total. The minimum Gasteiger partial charge on any atom is -0.497 e. The molecule has 29 heavy (non-hydrogen) atoms. The van der Waals surface area contributed by atoms with Crippen LogP contribution in [-0.4, -0.2) is 30.1 Å². The number of aromatic nitrogens is 2. The van der Waals surface area contributed by atoms with E-state index in [9.17, 15) is 4.79 Å². The van der Waals surface area contributed by atoms with Gasteiger partial charge in [-0.1, -0.05) is 24.3 Å². The number of carbonyl (C=O) groups excluding carboxylic acids is 1. The molecule has 0 fully saturated rings. The van der Waals surface area contributed by atoms with E-state index in [4.69, 9.17) is 9.47 Å². The maximum Gasteiger partial charge on any atom is 0.274 e. The second-order valence-corrected chi connectivity index (χ2v) is 6.52. The molecule has 0 radical (unpaired) electrons. The van der Waals surface area contributed by atoms with Gasteiger partial charge in [-0.2, -0.15) is 0 Å². The van der Waals surface area contributed by atoms with Crippen LogP contribution in [0.15, 0.2) is 48.5 Å². The minimum atomic E-state index is -0.349. The van der Waals surface area contributed by atoms with Crippen LogP contribution in [0.1, 0.15) is 27.3 Å². The van der Waals surface area contributed by atoms with E-state index in [1.807, 2.05) is 25.1 Å². The van der Waals surface area contributed by atoms with Crippen LogP contribution in [0.3, 0.4) is 0 Å². The molecule has 0 aliphatic carbocycles. The summed E-state index contributed by atoms with van der Waals surface area (Å²) in [6.45, 7) is 4.45. The van der Waals surface area contributed by atoms with Gasteiger partial charge in [-0.3, -0.25) is 4.79 Å². The molecule has 150 valence electrons. The number of hydrogen-bond acceptors (Lipinski definition) is 6. The van der Waals surface area contributed by atoms with E-state index < -0.39 is 0 Å². The topological polar surface area (TPSA) is 85.4 Å². The summed E-state index contributed by atoms with van der Waals surface area (Å²) in [4.78, 5) is 21.5. The van der Waals surface area contributed by atoms with Crippen molar-refractivity contribution in [3.05, 3.63) is 71.0 Å². The standard InChI is InChI=1S/C22H24N4O3/c1-14-7-5-6-8-16(14)13-23-22-24-15(2)11-19(26-22)21(27)25-18-10-9-17(28-3)12-20(18)29-4/h5-12H,13H2,1-4H3,(H,25,27)(H,23,24,26). The van der Waals surface area contributed by atoms with Gasteiger partial charge < -0.3 is 20.1 Å². The second-order valence-electron chi connectivity index (χ2n) is 6.52. The molecular formula is C22H24N4O3. The van der Waals surface area contributed by atoms with Gasteiger partial charge in [-0.25, -0.2) is 9.97 Å². The molecule has 0 atom stereocenters. The summed E-state index contributed by atoms with van der Waals surface area (Å²) in [6.07, 6.45) is 0. The summed E-state index contributed by atoms with van der Waals surface area (Å²) in [5.74, 6) is 1.19. The van der Waals surface area contributed by atoms with Crippen molar-refractivity contribution in [2.45, 2.75) is 20.4 Å². The molecule has 0 unspecified atom stereocenters. The molecule has 2 N–H and O–H groups in total. The second kappa shape index (κ2) is 9.05. The molecule has 0 saturated carbocycles. The highest BCUT2D eigenvalue weighted by molar-refractivity contribution is 6.04. The third kappa shape index (κ3) is 5.01. The number of amides is 1. The summed E-state index contributed by atoms with van der Waals surface area (Å²) < 4.78 is 10.5. The van der Waals surface area contributed by atoms with Gasteiger partial charge in [0.05, 0.1) is 19.9 Å². The number of carbonyl (C=O) groups is 1. The van der Waals surface area contributed by atoms with Crippen LogP contribution in [0, 0.1) is 13.8 Å². The summed E-state index contributed by atoms with van der Waals surface area (Å²) in [5, 5.41) is 6.02. The predicted octanol–water partition coefficient (Wildman–Crippen LogP) is 3.98. The fraction of sp³-hybridized carbons (Fsp3) is 0.227. The van der Waals surface area contributed by atoms with E-state index in [0.29, 0.717) is 35.4 Å². The molecule has 3 aromatic rings. The van der Waals surface area contributed by atoms with E-state index in [0.717, 1.165) is 5.56 Å². The van der Waals surface area contributed by atoms with Gasteiger partial charge in [0.2, 0.25) is 5.95 Å². The first-order valence-corrected chi connectivity index (χ1v) is 9.17. The van der Waals surface area contributed by atoms with Crippen molar-refractivity contribution in [1.82, 2.24) is 9.97 Å². The number of hydrogen-bond donors (Lipinski definition) is 2. The van der Waals surface area contributed by atoms with Crippen LogP contribution in [0.2, 0.25) is 0 Å². The highest BCUT2D eigenvalue weighted by Crippen LogP contribution is 2.29. The van der Waals surface area contributed by atoms with Crippen molar-refractivity contribution in [1.29, 1.82) is 0 Å². The molecule has 0 spiro atoms. The van der Waals surface area contributed by atoms with E-state index in [2.05, 4.69) is 33.6 Å². The molecule has 1 amide bonds. The first kappa shape index (κ1) is 20.1. The first-order valence-electron chi connectivity index (χ1n) is 9.17. The number of ether oxygens (including phenoxy) is 2. The monoisotopic (exact) mass is 392 g/mol. The predicted molar refractivity (Wildman–Crippen MR) is 113 cm³/mol. The van der Waals surface area contributed by atoms with Crippen LogP contribution < -0.4 is 20.1 Å². The Hall–Kier alpha value is -3.61. The lowest BCUT2D eigenvalue weighted by atomic mass is 10.1. The summed E-state index contributed by atoms with van der Waals surface area (Å²) >= 11 is 0. The van der Waals surface area contributed by atoms with Crippen molar-refractivity contribution in [2.75, 3.05) is 24.9 Å². The number of nitrogens with zero attached hydrogens (tertiary/aromatic N) is 2. The van der Waals surface area contributed by atoms with Crippen LogP contribution >= 0.6 is 0 Å². The largest absolute Gasteiger partial charge is 0.497 e. The highest BCUT2D eigenvalue weighted by Gasteiger charge is 2.14. The van der Waals surface area contributed by atoms with Crippen molar-refractivity contribution < 1.29 is 14.3 Å². The van der Waals surface area contributed by atoms with Crippen molar-refractivity contribution in [3.63, 3.8) is 0 Å². The van der Waals surface area contributed by atoms with Crippen LogP contribution in [-0.2, 0) is 6.54 Å². The van der Waals surface area contributed by atoms with Crippen LogP contribution in [0.25, 0.3) is 0 Å². The molecule has 3 rings (SSSR count). The Bertz CT molecular complexity index is 1020. The van der Waals surface area contributed by atoms with Crippen molar-refractivity contribution in [2.24, 2.45) is 0 Å². The third-order valence-corrected chi connectivity index (χ3v) is 4.44. The van der Waals surface area contributed by atoms with Crippen LogP contribution in [0.5, 0.6) is 11.5 Å². The van der Waals surface area contributed by atoms with Crippen LogP contribution in [0.4, 0.5) is 11.6 Å². The first-order chi connectivity index (χ1) is 14.0. The molecule has 0 bridgehead atoms. The van der Waals surface area contributed by atoms with E-state index >= 15 is 0 Å². The molecule has 0 aliphatic heterocycles. The van der Waals surface area contributed by atoms with Gasteiger partial charge >= 0.3 is 0 Å². The third-order valence-electron chi connectivity index (χ3n) is 4.44. The fourth-order valence-electron chi connectivity index (χ4n) is 2.83. The van der Waals surface area contributed by atoms with Crippen molar-refractivity contribution >= 4 is 17.5 Å². The summed E-state index contributed by atoms with van der Waals surface area (Å²) in [7, 11) is 3.11.